The molecule has 0 aromatic heterocycles. The molecule has 3 N–H and O–H groups in total. The average Bonchev–Trinajstić information content (AvgIpc) is 2.56. The molecule has 0 aliphatic rings. The molecule has 0 heterocycles. The largest absolute Gasteiger partial charge is 0.478 e. The Morgan fingerprint density at radius 3 is 2.27 bits per heavy atom. The van der Waals surface area contributed by atoms with Gasteiger partial charge in [-0.25, -0.2) is 4.79 Å². The van der Waals surface area contributed by atoms with E-state index < -0.39 is 5.97 Å². The summed E-state index contributed by atoms with van der Waals surface area (Å²) >= 11 is 0. The van der Waals surface area contributed by atoms with Crippen LogP contribution in [0.3, 0.4) is 0 Å². The zero-order chi connectivity index (χ0) is 15.9. The van der Waals surface area contributed by atoms with E-state index in [-0.39, 0.29) is 17.0 Å². The van der Waals surface area contributed by atoms with E-state index in [2.05, 4.69) is 10.5 Å². The molecule has 6 nitrogen and oxygen atoms in total. The molecule has 0 unspecified atom stereocenters. The van der Waals surface area contributed by atoms with Crippen molar-refractivity contribution in [1.29, 1.82) is 10.7 Å². The Morgan fingerprint density at radius 1 is 1.09 bits per heavy atom. The molecule has 0 fully saturated rings. The summed E-state index contributed by atoms with van der Waals surface area (Å²) in [7, 11) is 0. The molecule has 0 bridgehead atoms. The minimum absolute atomic E-state index is 0.0118. The summed E-state index contributed by atoms with van der Waals surface area (Å²) in [5.74, 6) is -1.02. The Bertz CT molecular complexity index is 759. The molecule has 2 aromatic rings. The number of nitriles is 1. The number of carboxylic acid groups (broad SMARTS) is 1. The topological polar surface area (TPSA) is 109 Å². The molecule has 108 valence electrons. The highest BCUT2D eigenvalue weighted by atomic mass is 16.4. The highest BCUT2D eigenvalue weighted by Crippen LogP contribution is 2.10. The van der Waals surface area contributed by atoms with E-state index in [1.807, 2.05) is 12.1 Å². The van der Waals surface area contributed by atoms with Crippen molar-refractivity contribution in [2.24, 2.45) is 5.10 Å². The highest BCUT2D eigenvalue weighted by Gasteiger charge is 2.09. The van der Waals surface area contributed by atoms with Crippen LogP contribution in [0, 0.1) is 16.7 Å². The lowest BCUT2D eigenvalue weighted by Gasteiger charge is -2.04. The predicted molar refractivity (Wildman–Crippen MR) is 83.3 cm³/mol. The number of nitrogens with zero attached hydrogens (tertiary/aromatic N) is 2. The van der Waals surface area contributed by atoms with Gasteiger partial charge in [0.2, 0.25) is 0 Å². The van der Waals surface area contributed by atoms with E-state index in [0.29, 0.717) is 11.3 Å². The fourth-order valence-corrected chi connectivity index (χ4v) is 1.69. The van der Waals surface area contributed by atoms with Crippen molar-refractivity contribution >= 4 is 23.1 Å². The van der Waals surface area contributed by atoms with Crippen molar-refractivity contribution < 1.29 is 9.90 Å². The van der Waals surface area contributed by atoms with Crippen LogP contribution >= 0.6 is 0 Å². The monoisotopic (exact) mass is 292 g/mol. The second kappa shape index (κ2) is 6.81. The molecule has 0 spiro atoms. The number of anilines is 1. The summed E-state index contributed by atoms with van der Waals surface area (Å²) in [6.07, 6.45) is 0. The zero-order valence-corrected chi connectivity index (χ0v) is 11.4. The van der Waals surface area contributed by atoms with E-state index in [1.54, 1.807) is 24.3 Å². The molecule has 2 rings (SSSR count). The molecule has 0 saturated carbocycles. The van der Waals surface area contributed by atoms with Crippen molar-refractivity contribution in [2.75, 3.05) is 5.43 Å². The van der Waals surface area contributed by atoms with Crippen LogP contribution in [0.5, 0.6) is 0 Å². The van der Waals surface area contributed by atoms with Crippen molar-refractivity contribution in [3.63, 3.8) is 0 Å². The van der Waals surface area contributed by atoms with Gasteiger partial charge in [-0.15, -0.1) is 0 Å². The number of benzene rings is 2. The van der Waals surface area contributed by atoms with Gasteiger partial charge in [0, 0.05) is 5.56 Å². The first-order valence-corrected chi connectivity index (χ1v) is 6.33. The SMILES string of the molecule is N#C/C(=N/Nc1ccc(C(=O)O)cc1)C(=N)c1ccccc1. The van der Waals surface area contributed by atoms with Crippen molar-refractivity contribution in [3.05, 3.63) is 65.7 Å². The molecule has 22 heavy (non-hydrogen) atoms. The lowest BCUT2D eigenvalue weighted by molar-refractivity contribution is 0.0697. The second-order valence-electron chi connectivity index (χ2n) is 4.31. The van der Waals surface area contributed by atoms with Crippen LogP contribution in [0.1, 0.15) is 15.9 Å². The molecule has 0 atom stereocenters. The Balaban J connectivity index is 2.15. The molecular weight excluding hydrogens is 280 g/mol. The third-order valence-electron chi connectivity index (χ3n) is 2.83. The van der Waals surface area contributed by atoms with E-state index in [4.69, 9.17) is 15.8 Å². The third-order valence-corrected chi connectivity index (χ3v) is 2.83. The lowest BCUT2D eigenvalue weighted by Crippen LogP contribution is -2.14. The van der Waals surface area contributed by atoms with Crippen LogP contribution in [-0.2, 0) is 0 Å². The van der Waals surface area contributed by atoms with E-state index in [0.717, 1.165) is 0 Å². The average molecular weight is 292 g/mol. The van der Waals surface area contributed by atoms with Gasteiger partial charge in [-0.3, -0.25) is 10.8 Å². The molecule has 0 radical (unpaired) electrons. The van der Waals surface area contributed by atoms with Crippen molar-refractivity contribution in [1.82, 2.24) is 0 Å². The number of carbonyl (C=O) groups is 1. The number of hydrazone groups is 1. The van der Waals surface area contributed by atoms with Gasteiger partial charge in [0.25, 0.3) is 0 Å². The molecule has 0 saturated heterocycles. The van der Waals surface area contributed by atoms with Crippen molar-refractivity contribution in [3.8, 4) is 6.07 Å². The van der Waals surface area contributed by atoms with E-state index >= 15 is 0 Å². The molecule has 6 heteroatoms. The number of hydrogen-bond acceptors (Lipinski definition) is 5. The van der Waals surface area contributed by atoms with Gasteiger partial charge < -0.3 is 5.11 Å². The number of rotatable bonds is 5. The lowest BCUT2D eigenvalue weighted by atomic mass is 10.1. The number of hydrogen-bond donors (Lipinski definition) is 3. The van der Waals surface area contributed by atoms with E-state index in [1.165, 1.54) is 24.3 Å². The van der Waals surface area contributed by atoms with Crippen LogP contribution in [-0.4, -0.2) is 22.5 Å². The maximum atomic E-state index is 10.8. The van der Waals surface area contributed by atoms with Crippen molar-refractivity contribution in [2.45, 2.75) is 0 Å². The minimum Gasteiger partial charge on any atom is -0.478 e. The normalized spacial score (nSPS) is 10.6. The van der Waals surface area contributed by atoms with Gasteiger partial charge in [-0.2, -0.15) is 10.4 Å². The predicted octanol–water partition coefficient (Wildman–Crippen LogP) is 2.74. The molecule has 2 aromatic carbocycles. The Labute approximate surface area is 126 Å². The Morgan fingerprint density at radius 2 is 1.73 bits per heavy atom. The van der Waals surface area contributed by atoms with E-state index in [9.17, 15) is 4.79 Å². The van der Waals surface area contributed by atoms with Gasteiger partial charge in [0.1, 0.15) is 6.07 Å². The van der Waals surface area contributed by atoms with Gasteiger partial charge >= 0.3 is 5.97 Å². The Hall–Kier alpha value is -3.46. The number of nitrogens with one attached hydrogen (secondary N) is 2. The molecular formula is C16H12N4O2. The maximum Gasteiger partial charge on any atom is 0.335 e. The first-order chi connectivity index (χ1) is 10.6. The summed E-state index contributed by atoms with van der Waals surface area (Å²) < 4.78 is 0. The van der Waals surface area contributed by atoms with Crippen LogP contribution in [0.25, 0.3) is 0 Å². The zero-order valence-electron chi connectivity index (χ0n) is 11.4. The summed E-state index contributed by atoms with van der Waals surface area (Å²) in [6, 6.07) is 16.6. The van der Waals surface area contributed by atoms with Gasteiger partial charge in [0.15, 0.2) is 5.71 Å². The summed E-state index contributed by atoms with van der Waals surface area (Å²) in [5, 5.41) is 29.8. The maximum absolute atomic E-state index is 10.8. The summed E-state index contributed by atoms with van der Waals surface area (Å²) in [6.45, 7) is 0. The highest BCUT2D eigenvalue weighted by molar-refractivity contribution is 6.52. The second-order valence-corrected chi connectivity index (χ2v) is 4.31. The summed E-state index contributed by atoms with van der Waals surface area (Å²) in [5.41, 5.74) is 3.87. The smallest absolute Gasteiger partial charge is 0.335 e. The van der Waals surface area contributed by atoms with Gasteiger partial charge in [-0.1, -0.05) is 30.3 Å². The number of carboxylic acids is 1. The first kappa shape index (κ1) is 14.9. The number of aromatic carboxylic acids is 1. The molecule has 0 aliphatic carbocycles. The molecule has 0 amide bonds. The first-order valence-electron chi connectivity index (χ1n) is 6.33. The molecule has 0 aliphatic heterocycles. The Kier molecular flexibility index (Phi) is 4.63. The third kappa shape index (κ3) is 3.55. The van der Waals surface area contributed by atoms with Gasteiger partial charge in [0.05, 0.1) is 17.0 Å². The summed E-state index contributed by atoms with van der Waals surface area (Å²) in [4.78, 5) is 10.8. The minimum atomic E-state index is -1.02. The van der Waals surface area contributed by atoms with Gasteiger partial charge in [-0.05, 0) is 24.3 Å². The fourth-order valence-electron chi connectivity index (χ4n) is 1.69. The van der Waals surface area contributed by atoms with Crippen LogP contribution < -0.4 is 5.43 Å². The fraction of sp³-hybridized carbons (Fsp3) is 0. The van der Waals surface area contributed by atoms with Crippen LogP contribution in [0.2, 0.25) is 0 Å². The standard InChI is InChI=1S/C16H12N4O2/c17-10-14(15(18)11-4-2-1-3-5-11)20-19-13-8-6-12(7-9-13)16(21)22/h1-9,18-19H,(H,21,22)/b18-15?,20-14-. The van der Waals surface area contributed by atoms with Crippen LogP contribution in [0.15, 0.2) is 59.7 Å². The van der Waals surface area contributed by atoms with Crippen LogP contribution in [0.4, 0.5) is 5.69 Å². The quantitative estimate of drug-likeness (QED) is 0.581.